The summed E-state index contributed by atoms with van der Waals surface area (Å²) in [6.45, 7) is 7.81. The zero-order valence-electron chi connectivity index (χ0n) is 16.2. The second-order valence-electron chi connectivity index (χ2n) is 6.15. The first-order chi connectivity index (χ1) is 12.8. The van der Waals surface area contributed by atoms with Gasteiger partial charge >= 0.3 is 0 Å². The van der Waals surface area contributed by atoms with E-state index in [1.807, 2.05) is 39.0 Å². The van der Waals surface area contributed by atoms with Crippen LogP contribution in [-0.4, -0.2) is 38.3 Å². The molecule has 0 aliphatic carbocycles. The first-order valence-corrected chi connectivity index (χ1v) is 10.3. The van der Waals surface area contributed by atoms with Crippen LogP contribution in [0.25, 0.3) is 0 Å². The lowest BCUT2D eigenvalue weighted by Crippen LogP contribution is -2.38. The van der Waals surface area contributed by atoms with Crippen molar-refractivity contribution in [2.75, 3.05) is 25.0 Å². The Kier molecular flexibility index (Phi) is 6.98. The standard InChI is InChI=1S/C20H26N2O4S/c1-5-22(14-19(23)21-20-15(3)8-7-9-16(20)4)27(24,25)18-12-10-17(11-13-18)26-6-2/h7-13H,5-6,14H2,1-4H3,(H,21,23). The van der Waals surface area contributed by atoms with Crippen LogP contribution in [0, 0.1) is 13.8 Å². The Morgan fingerprint density at radius 2 is 1.63 bits per heavy atom. The molecule has 146 valence electrons. The van der Waals surface area contributed by atoms with Crippen LogP contribution in [-0.2, 0) is 14.8 Å². The molecule has 2 aromatic rings. The van der Waals surface area contributed by atoms with Gasteiger partial charge in [0.15, 0.2) is 0 Å². The van der Waals surface area contributed by atoms with Crippen LogP contribution in [0.15, 0.2) is 47.4 Å². The molecule has 0 bridgehead atoms. The SMILES string of the molecule is CCOc1ccc(S(=O)(=O)N(CC)CC(=O)Nc2c(C)cccc2C)cc1. The van der Waals surface area contributed by atoms with E-state index < -0.39 is 10.0 Å². The van der Waals surface area contributed by atoms with Gasteiger partial charge in [-0.1, -0.05) is 25.1 Å². The van der Waals surface area contributed by atoms with Crippen molar-refractivity contribution in [2.45, 2.75) is 32.6 Å². The lowest BCUT2D eigenvalue weighted by Gasteiger charge is -2.21. The van der Waals surface area contributed by atoms with Crippen LogP contribution in [0.4, 0.5) is 5.69 Å². The summed E-state index contributed by atoms with van der Waals surface area (Å²) in [5.74, 6) is 0.232. The number of likely N-dealkylation sites (N-methyl/N-ethyl adjacent to an activating group) is 1. The number of nitrogens with one attached hydrogen (secondary N) is 1. The molecule has 0 heterocycles. The van der Waals surface area contributed by atoms with Crippen molar-refractivity contribution in [3.8, 4) is 5.75 Å². The molecular formula is C20H26N2O4S. The van der Waals surface area contributed by atoms with E-state index in [2.05, 4.69) is 5.32 Å². The quantitative estimate of drug-likeness (QED) is 0.750. The van der Waals surface area contributed by atoms with Crippen LogP contribution < -0.4 is 10.1 Å². The van der Waals surface area contributed by atoms with E-state index in [1.54, 1.807) is 19.1 Å². The Bertz CT molecular complexity index is 872. The van der Waals surface area contributed by atoms with Gasteiger partial charge in [0.25, 0.3) is 0 Å². The maximum atomic E-state index is 12.9. The van der Waals surface area contributed by atoms with Gasteiger partial charge in [-0.25, -0.2) is 8.42 Å². The predicted octanol–water partition coefficient (Wildman–Crippen LogP) is 3.35. The summed E-state index contributed by atoms with van der Waals surface area (Å²) in [6, 6.07) is 11.9. The number of carbonyl (C=O) groups excluding carboxylic acids is 1. The van der Waals surface area contributed by atoms with E-state index in [-0.39, 0.29) is 23.9 Å². The van der Waals surface area contributed by atoms with Crippen molar-refractivity contribution in [1.82, 2.24) is 4.31 Å². The highest BCUT2D eigenvalue weighted by Crippen LogP contribution is 2.21. The minimum atomic E-state index is -3.77. The summed E-state index contributed by atoms with van der Waals surface area (Å²) in [7, 11) is -3.77. The number of nitrogens with zero attached hydrogens (tertiary/aromatic N) is 1. The van der Waals surface area contributed by atoms with Gasteiger partial charge in [0.2, 0.25) is 15.9 Å². The molecule has 0 atom stereocenters. The van der Waals surface area contributed by atoms with Gasteiger partial charge in [0.05, 0.1) is 18.0 Å². The number of anilines is 1. The summed E-state index contributed by atoms with van der Waals surface area (Å²) in [6.07, 6.45) is 0. The zero-order chi connectivity index (χ0) is 20.0. The topological polar surface area (TPSA) is 75.7 Å². The highest BCUT2D eigenvalue weighted by Gasteiger charge is 2.25. The van der Waals surface area contributed by atoms with Crippen molar-refractivity contribution in [1.29, 1.82) is 0 Å². The fourth-order valence-corrected chi connectivity index (χ4v) is 4.15. The predicted molar refractivity (Wildman–Crippen MR) is 107 cm³/mol. The Hall–Kier alpha value is -2.38. The van der Waals surface area contributed by atoms with Crippen LogP contribution in [0.3, 0.4) is 0 Å². The van der Waals surface area contributed by atoms with Crippen molar-refractivity contribution < 1.29 is 17.9 Å². The molecular weight excluding hydrogens is 364 g/mol. The molecule has 1 N–H and O–H groups in total. The lowest BCUT2D eigenvalue weighted by molar-refractivity contribution is -0.116. The summed E-state index contributed by atoms with van der Waals surface area (Å²) < 4.78 is 32.2. The van der Waals surface area contributed by atoms with E-state index in [9.17, 15) is 13.2 Å². The second-order valence-corrected chi connectivity index (χ2v) is 8.09. The fraction of sp³-hybridized carbons (Fsp3) is 0.350. The van der Waals surface area contributed by atoms with Crippen molar-refractivity contribution >= 4 is 21.6 Å². The van der Waals surface area contributed by atoms with Gasteiger partial charge in [-0.05, 0) is 56.2 Å². The molecule has 27 heavy (non-hydrogen) atoms. The van der Waals surface area contributed by atoms with Crippen molar-refractivity contribution in [3.05, 3.63) is 53.6 Å². The maximum Gasteiger partial charge on any atom is 0.243 e. The third-order valence-corrected chi connectivity index (χ3v) is 6.13. The van der Waals surface area contributed by atoms with Gasteiger partial charge in [0, 0.05) is 12.2 Å². The van der Waals surface area contributed by atoms with Crippen molar-refractivity contribution in [3.63, 3.8) is 0 Å². The van der Waals surface area contributed by atoms with Crippen molar-refractivity contribution in [2.24, 2.45) is 0 Å². The molecule has 0 aromatic heterocycles. The van der Waals surface area contributed by atoms with Crippen LogP contribution in [0.2, 0.25) is 0 Å². The minimum Gasteiger partial charge on any atom is -0.494 e. The largest absolute Gasteiger partial charge is 0.494 e. The summed E-state index contributed by atoms with van der Waals surface area (Å²) in [5, 5.41) is 2.83. The van der Waals surface area contributed by atoms with E-state index in [0.29, 0.717) is 12.4 Å². The third kappa shape index (κ3) is 5.08. The number of carbonyl (C=O) groups is 1. The highest BCUT2D eigenvalue weighted by molar-refractivity contribution is 7.89. The third-order valence-electron chi connectivity index (χ3n) is 4.19. The molecule has 0 radical (unpaired) electrons. The van der Waals surface area contributed by atoms with E-state index in [4.69, 9.17) is 4.74 Å². The average molecular weight is 391 g/mol. The number of para-hydroxylation sites is 1. The smallest absolute Gasteiger partial charge is 0.243 e. The van der Waals surface area contributed by atoms with Gasteiger partial charge in [0.1, 0.15) is 5.75 Å². The second kappa shape index (κ2) is 9.01. The maximum absolute atomic E-state index is 12.9. The number of ether oxygens (including phenoxy) is 1. The Labute approximate surface area is 161 Å². The number of hydrogen-bond acceptors (Lipinski definition) is 4. The summed E-state index contributed by atoms with van der Waals surface area (Å²) in [5.41, 5.74) is 2.58. The number of hydrogen-bond donors (Lipinski definition) is 1. The van der Waals surface area contributed by atoms with E-state index >= 15 is 0 Å². The molecule has 0 saturated heterocycles. The zero-order valence-corrected chi connectivity index (χ0v) is 17.0. The molecule has 2 aromatic carbocycles. The fourth-order valence-electron chi connectivity index (χ4n) is 2.74. The van der Waals surface area contributed by atoms with Crippen LogP contribution in [0.5, 0.6) is 5.75 Å². The molecule has 1 amide bonds. The first-order valence-electron chi connectivity index (χ1n) is 8.88. The average Bonchev–Trinajstić information content (AvgIpc) is 2.63. The minimum absolute atomic E-state index is 0.132. The molecule has 0 fully saturated rings. The summed E-state index contributed by atoms with van der Waals surface area (Å²) in [4.78, 5) is 12.6. The molecule has 2 rings (SSSR count). The van der Waals surface area contributed by atoms with Gasteiger partial charge in [-0.15, -0.1) is 0 Å². The molecule has 0 unspecified atom stereocenters. The number of sulfonamides is 1. The number of aryl methyl sites for hydroxylation is 2. The number of rotatable bonds is 8. The highest BCUT2D eigenvalue weighted by atomic mass is 32.2. The Morgan fingerprint density at radius 1 is 1.04 bits per heavy atom. The van der Waals surface area contributed by atoms with E-state index in [0.717, 1.165) is 21.1 Å². The summed E-state index contributed by atoms with van der Waals surface area (Å²) >= 11 is 0. The number of benzene rings is 2. The van der Waals surface area contributed by atoms with Gasteiger partial charge in [-0.3, -0.25) is 4.79 Å². The van der Waals surface area contributed by atoms with Crippen LogP contribution in [0.1, 0.15) is 25.0 Å². The Balaban J connectivity index is 2.16. The number of amides is 1. The first kappa shape index (κ1) is 20.9. The molecule has 0 aliphatic heterocycles. The lowest BCUT2D eigenvalue weighted by atomic mass is 10.1. The molecule has 6 nitrogen and oxygen atoms in total. The van der Waals surface area contributed by atoms with Gasteiger partial charge in [-0.2, -0.15) is 4.31 Å². The van der Waals surface area contributed by atoms with Gasteiger partial charge < -0.3 is 10.1 Å². The van der Waals surface area contributed by atoms with Crippen LogP contribution >= 0.6 is 0 Å². The Morgan fingerprint density at radius 3 is 2.15 bits per heavy atom. The molecule has 0 aliphatic rings. The molecule has 0 saturated carbocycles. The molecule has 0 spiro atoms. The van der Waals surface area contributed by atoms with E-state index in [1.165, 1.54) is 12.1 Å². The normalized spacial score (nSPS) is 11.4. The molecule has 7 heteroatoms. The monoisotopic (exact) mass is 390 g/mol.